The Balaban J connectivity index is 0.877. The fraction of sp³-hybridized carbons (Fsp3) is 0.667. The standard InChI is InChI=1S/C75H98N2O14S2/c1-4-87-61(82)23-18-47-35-48-25-32-88-63(48)65-64(47)90-68-75(86)62-50(16-20-57(80)54(62)41-78)39-73(85,67(75)83)74(91-68)42-92-93-72(59(77-31-33-89-65)22-12-43(2)8-7-11-60(74)81)30-27-69(37-49-15-19-56(76-3)53(49)40-69)66(72)51-17-21-58-70(28-29-71(58,84)38-51)26-24-52(79)36-55(70)46-14-13-44-9-5-6-10-45(44)34-46/h5-6,9-10,13-14,16,20,24-26,32,34-36,43,49-51,53-60,62,66-68,76-81,83-86H,4,7-8,11-12,15,17-19,21-23,27-31,33,37-42H2,1-3H3. The van der Waals surface area contributed by atoms with Crippen LogP contribution in [0, 0.1) is 64.1 Å². The molecular formula is C75H98N2O14S2. The maximum atomic E-state index is 14.1. The van der Waals surface area contributed by atoms with Crippen LogP contribution in [-0.2, 0) is 20.7 Å². The van der Waals surface area contributed by atoms with Gasteiger partial charge in [-0.1, -0.05) is 102 Å². The van der Waals surface area contributed by atoms with E-state index in [1.54, 1.807) is 36.1 Å². The van der Waals surface area contributed by atoms with E-state index in [2.05, 4.69) is 73.1 Å². The Morgan fingerprint density at radius 3 is 2.53 bits per heavy atom. The molecule has 5 bridgehead atoms. The maximum Gasteiger partial charge on any atom is 0.306 e. The van der Waals surface area contributed by atoms with Gasteiger partial charge in [0, 0.05) is 70.7 Å². The summed E-state index contributed by atoms with van der Waals surface area (Å²) in [5.41, 5.74) is -6.34. The molecule has 8 aliphatic carbocycles. The molecule has 93 heavy (non-hydrogen) atoms. The first-order valence-electron chi connectivity index (χ1n) is 35.3. The Bertz CT molecular complexity index is 3550. The van der Waals surface area contributed by atoms with Gasteiger partial charge in [-0.15, -0.1) is 0 Å². The van der Waals surface area contributed by atoms with Gasteiger partial charge in [-0.2, -0.15) is 0 Å². The second-order valence-electron chi connectivity index (χ2n) is 30.9. The first-order valence-corrected chi connectivity index (χ1v) is 37.6. The van der Waals surface area contributed by atoms with Crippen molar-refractivity contribution in [3.05, 3.63) is 108 Å². The number of benzene rings is 3. The summed E-state index contributed by atoms with van der Waals surface area (Å²) in [5.74, 6) is -1.41. The lowest BCUT2D eigenvalue weighted by molar-refractivity contribution is -0.424. The van der Waals surface area contributed by atoms with Gasteiger partial charge in [0.05, 0.1) is 30.7 Å². The lowest BCUT2D eigenvalue weighted by Crippen LogP contribution is -2.86. The van der Waals surface area contributed by atoms with Crippen molar-refractivity contribution >= 4 is 49.3 Å². The van der Waals surface area contributed by atoms with Crippen molar-refractivity contribution in [3.8, 4) is 11.5 Å². The van der Waals surface area contributed by atoms with E-state index in [1.165, 1.54) is 11.8 Å². The van der Waals surface area contributed by atoms with E-state index in [-0.39, 0.29) is 103 Å². The molecule has 15 rings (SSSR count). The molecule has 4 spiro atoms. The number of carbonyl (C=O) groups is 1. The summed E-state index contributed by atoms with van der Waals surface area (Å²) >= 11 is 0. The summed E-state index contributed by atoms with van der Waals surface area (Å²) in [5, 5.41) is 114. The summed E-state index contributed by atoms with van der Waals surface area (Å²) in [6.45, 7) is 4.25. The van der Waals surface area contributed by atoms with Crippen LogP contribution in [0.1, 0.15) is 146 Å². The molecule has 1 aromatic heterocycles. The quantitative estimate of drug-likeness (QED) is 0.0447. The molecule has 3 aromatic carbocycles. The Morgan fingerprint density at radius 2 is 1.70 bits per heavy atom. The Labute approximate surface area is 554 Å². The van der Waals surface area contributed by atoms with Crippen LogP contribution >= 0.6 is 21.6 Å². The van der Waals surface area contributed by atoms with Crippen molar-refractivity contribution in [1.82, 2.24) is 10.6 Å². The fourth-order valence-corrected chi connectivity index (χ4v) is 26.8. The highest BCUT2D eigenvalue weighted by atomic mass is 33.1. The average Bonchev–Trinajstić information content (AvgIpc) is 1.56. The van der Waals surface area contributed by atoms with Gasteiger partial charge in [-0.25, -0.2) is 0 Å². The average molecular weight is 1320 g/mol. The van der Waals surface area contributed by atoms with Gasteiger partial charge in [-0.3, -0.25) is 4.79 Å². The van der Waals surface area contributed by atoms with Crippen molar-refractivity contribution in [2.24, 2.45) is 64.1 Å². The van der Waals surface area contributed by atoms with Crippen molar-refractivity contribution in [2.75, 3.05) is 39.2 Å². The minimum atomic E-state index is -2.53. The molecule has 23 atom stereocenters. The highest BCUT2D eigenvalue weighted by molar-refractivity contribution is 8.77. The van der Waals surface area contributed by atoms with E-state index in [0.29, 0.717) is 60.2 Å². The molecule has 2 saturated heterocycles. The molecule has 11 aliphatic rings. The van der Waals surface area contributed by atoms with Crippen molar-refractivity contribution in [1.29, 1.82) is 0 Å². The summed E-state index contributed by atoms with van der Waals surface area (Å²) < 4.78 is 33.1. The van der Waals surface area contributed by atoms with Gasteiger partial charge in [0.25, 0.3) is 0 Å². The predicted molar refractivity (Wildman–Crippen MR) is 358 cm³/mol. The van der Waals surface area contributed by atoms with Gasteiger partial charge in [0.1, 0.15) is 29.7 Å². The Morgan fingerprint density at radius 1 is 0.860 bits per heavy atom. The van der Waals surface area contributed by atoms with Crippen molar-refractivity contribution in [3.63, 3.8) is 0 Å². The Hall–Kier alpha value is -4.15. The molecule has 18 heteroatoms. The second kappa shape index (κ2) is 24.7. The SMILES string of the molecule is CCOC(=O)CCc1cc2ccoc2c2c1OC1OC3(CSSC4(CCC5(CC6CCC(NC)C6C5)C4C4CCC5C(O)(CCC56C=CC(O)=CC6c5ccc6ccccc6c5)C4)C(CCC(C)CCCC3O)NCCO2)C2(O)CC3C=CC(O)C(CO)C3C1(O)C2O. The lowest BCUT2D eigenvalue weighted by Gasteiger charge is -2.67. The van der Waals surface area contributed by atoms with Crippen LogP contribution in [0.4, 0.5) is 0 Å². The first kappa shape index (κ1) is 64.8. The molecule has 0 amide bonds. The summed E-state index contributed by atoms with van der Waals surface area (Å²) in [6.07, 6.45) is 18.1. The molecular weight excluding hydrogens is 1220 g/mol. The normalized spacial score (nSPS) is 44.6. The highest BCUT2D eigenvalue weighted by Gasteiger charge is 2.79. The van der Waals surface area contributed by atoms with Crippen LogP contribution < -0.4 is 20.1 Å². The van der Waals surface area contributed by atoms with Crippen LogP contribution in [0.2, 0.25) is 0 Å². The zero-order valence-electron chi connectivity index (χ0n) is 54.2. The van der Waals surface area contributed by atoms with E-state index in [0.717, 1.165) is 81.6 Å². The molecule has 0 radical (unpaired) electrons. The Kier molecular flexibility index (Phi) is 17.2. The molecule has 4 aromatic rings. The van der Waals surface area contributed by atoms with Gasteiger partial charge in [-0.05, 0) is 210 Å². The third kappa shape index (κ3) is 10.3. The van der Waals surface area contributed by atoms with E-state index in [1.807, 2.05) is 35.1 Å². The number of carbonyl (C=O) groups excluding carboxylic acids is 1. The third-order valence-corrected chi connectivity index (χ3v) is 29.9. The summed E-state index contributed by atoms with van der Waals surface area (Å²) in [4.78, 5) is 13.3. The lowest BCUT2D eigenvalue weighted by atomic mass is 9.50. The van der Waals surface area contributed by atoms with Crippen molar-refractivity contribution < 1.29 is 69.0 Å². The number of aryl methyl sites for hydroxylation is 1. The molecule has 504 valence electrons. The molecule has 6 saturated carbocycles. The minimum absolute atomic E-state index is 0.0232. The molecule has 23 unspecified atom stereocenters. The number of aliphatic hydroxyl groups is 8. The largest absolute Gasteiger partial charge is 0.508 e. The summed E-state index contributed by atoms with van der Waals surface area (Å²) in [7, 11) is 5.58. The minimum Gasteiger partial charge on any atom is -0.508 e. The van der Waals surface area contributed by atoms with Gasteiger partial charge in [0.2, 0.25) is 12.0 Å². The molecule has 10 N–H and O–H groups in total. The van der Waals surface area contributed by atoms with Crippen LogP contribution in [0.15, 0.2) is 101 Å². The summed E-state index contributed by atoms with van der Waals surface area (Å²) in [6, 6.07) is 19.1. The van der Waals surface area contributed by atoms with Gasteiger partial charge in [0.15, 0.2) is 16.9 Å². The van der Waals surface area contributed by atoms with E-state index >= 15 is 0 Å². The van der Waals surface area contributed by atoms with Crippen molar-refractivity contribution in [2.45, 2.75) is 206 Å². The predicted octanol–water partition coefficient (Wildman–Crippen LogP) is 10.5. The van der Waals surface area contributed by atoms with E-state index in [9.17, 15) is 45.6 Å². The molecule has 3 aliphatic heterocycles. The van der Waals surface area contributed by atoms with Crippen LogP contribution in [0.5, 0.6) is 11.5 Å². The van der Waals surface area contributed by atoms with Gasteiger partial charge < -0.3 is 74.9 Å². The van der Waals surface area contributed by atoms with Crippen LogP contribution in [0.25, 0.3) is 21.7 Å². The number of allylic oxidation sites excluding steroid dienone is 4. The number of fused-ring (bicyclic) bond motifs is 15. The first-order chi connectivity index (χ1) is 44.9. The topological polar surface area (TPSA) is 253 Å². The third-order valence-electron chi connectivity index (χ3n) is 26.5. The number of furan rings is 1. The number of aliphatic hydroxyl groups excluding tert-OH is 5. The number of nitrogens with one attached hydrogen (secondary N) is 2. The monoisotopic (exact) mass is 1310 g/mol. The second-order valence-corrected chi connectivity index (χ2v) is 33.5. The maximum absolute atomic E-state index is 14.1. The number of ether oxygens (including phenoxy) is 4. The number of rotatable bonds is 8. The number of hydrogen-bond donors (Lipinski definition) is 10. The van der Waals surface area contributed by atoms with E-state index < -0.39 is 87.5 Å². The van der Waals surface area contributed by atoms with Crippen LogP contribution in [-0.4, -0.2) is 150 Å². The zero-order valence-corrected chi connectivity index (χ0v) is 55.8. The van der Waals surface area contributed by atoms with Gasteiger partial charge >= 0.3 is 5.97 Å². The molecule has 16 nitrogen and oxygen atoms in total. The number of hydrogen-bond acceptors (Lipinski definition) is 18. The van der Waals surface area contributed by atoms with E-state index in [4.69, 9.17) is 23.4 Å². The highest BCUT2D eigenvalue weighted by Crippen LogP contribution is 2.75. The number of esters is 1. The molecule has 8 fully saturated rings. The fourth-order valence-electron chi connectivity index (χ4n) is 22.5. The van der Waals surface area contributed by atoms with Crippen LogP contribution in [0.3, 0.4) is 0 Å². The zero-order chi connectivity index (χ0) is 64.5. The molecule has 4 heterocycles. The smallest absolute Gasteiger partial charge is 0.306 e.